The molecule has 0 unspecified atom stereocenters. The summed E-state index contributed by atoms with van der Waals surface area (Å²) in [4.78, 5) is 4.22. The molecule has 2 N–H and O–H groups in total. The van der Waals surface area contributed by atoms with E-state index in [1.807, 2.05) is 12.1 Å². The number of aromatic nitrogens is 1. The summed E-state index contributed by atoms with van der Waals surface area (Å²) in [6.07, 6.45) is 4.75. The van der Waals surface area contributed by atoms with E-state index in [9.17, 15) is 0 Å². The second kappa shape index (κ2) is 4.11. The zero-order valence-corrected chi connectivity index (χ0v) is 9.26. The molecule has 78 valence electrons. The first-order valence-corrected chi connectivity index (χ1v) is 5.95. The minimum Gasteiger partial charge on any atom is -0.397 e. The molecule has 0 spiro atoms. The third kappa shape index (κ3) is 2.42. The number of nitrogens with two attached hydrogens (primary N) is 1. The van der Waals surface area contributed by atoms with E-state index in [1.165, 1.54) is 12.8 Å². The van der Waals surface area contributed by atoms with E-state index in [0.717, 1.165) is 16.5 Å². The summed E-state index contributed by atoms with van der Waals surface area (Å²) in [6, 6.07) is 5.95. The van der Waals surface area contributed by atoms with Crippen LogP contribution >= 0.6 is 11.8 Å². The van der Waals surface area contributed by atoms with Gasteiger partial charge in [-0.05, 0) is 30.4 Å². The van der Waals surface area contributed by atoms with Crippen LogP contribution in [-0.4, -0.2) is 10.7 Å². The van der Waals surface area contributed by atoms with Crippen LogP contribution in [0.4, 0.5) is 5.69 Å². The summed E-state index contributed by atoms with van der Waals surface area (Å²) < 4.78 is 0. The zero-order valence-electron chi connectivity index (χ0n) is 8.44. The van der Waals surface area contributed by atoms with Gasteiger partial charge >= 0.3 is 0 Å². The first-order valence-electron chi connectivity index (χ1n) is 4.96. The fourth-order valence-corrected chi connectivity index (χ4v) is 2.67. The SMILES string of the molecule is N#CCC1(CSc2ncccc2N)CC1. The summed E-state index contributed by atoms with van der Waals surface area (Å²) in [6.45, 7) is 0. The Balaban J connectivity index is 1.94. The maximum absolute atomic E-state index is 8.69. The van der Waals surface area contributed by atoms with Crippen LogP contribution in [0.25, 0.3) is 0 Å². The van der Waals surface area contributed by atoms with E-state index in [4.69, 9.17) is 11.0 Å². The second-order valence-electron chi connectivity index (χ2n) is 4.02. The van der Waals surface area contributed by atoms with Gasteiger partial charge in [-0.2, -0.15) is 5.26 Å². The zero-order chi connectivity index (χ0) is 10.7. The summed E-state index contributed by atoms with van der Waals surface area (Å²) in [5.74, 6) is 0.960. The van der Waals surface area contributed by atoms with Crippen LogP contribution in [0.15, 0.2) is 23.4 Å². The van der Waals surface area contributed by atoms with E-state index in [2.05, 4.69) is 11.1 Å². The quantitative estimate of drug-likeness (QED) is 0.790. The molecule has 0 amide bonds. The third-order valence-corrected chi connectivity index (χ3v) is 4.10. The highest BCUT2D eigenvalue weighted by Crippen LogP contribution is 2.51. The number of hydrogen-bond acceptors (Lipinski definition) is 4. The van der Waals surface area contributed by atoms with Gasteiger partial charge in [0.05, 0.1) is 11.8 Å². The van der Waals surface area contributed by atoms with Gasteiger partial charge in [-0.15, -0.1) is 11.8 Å². The Morgan fingerprint density at radius 1 is 1.60 bits per heavy atom. The van der Waals surface area contributed by atoms with E-state index in [1.54, 1.807) is 18.0 Å². The average Bonchev–Trinajstić information content (AvgIpc) is 2.98. The van der Waals surface area contributed by atoms with Gasteiger partial charge in [0, 0.05) is 18.4 Å². The molecule has 1 saturated carbocycles. The molecular weight excluding hydrogens is 206 g/mol. The van der Waals surface area contributed by atoms with Gasteiger partial charge in [0.1, 0.15) is 5.03 Å². The van der Waals surface area contributed by atoms with Gasteiger partial charge in [-0.3, -0.25) is 0 Å². The molecule has 1 aliphatic carbocycles. The lowest BCUT2D eigenvalue weighted by molar-refractivity contribution is 0.604. The molecule has 0 radical (unpaired) electrons. The number of nitrogens with zero attached hydrogens (tertiary/aromatic N) is 2. The highest BCUT2D eigenvalue weighted by atomic mass is 32.2. The summed E-state index contributed by atoms with van der Waals surface area (Å²) in [7, 11) is 0. The van der Waals surface area contributed by atoms with Crippen LogP contribution in [0.5, 0.6) is 0 Å². The van der Waals surface area contributed by atoms with Crippen molar-refractivity contribution in [2.24, 2.45) is 5.41 Å². The van der Waals surface area contributed by atoms with Crippen molar-refractivity contribution in [3.05, 3.63) is 18.3 Å². The van der Waals surface area contributed by atoms with Crippen LogP contribution in [0.3, 0.4) is 0 Å². The van der Waals surface area contributed by atoms with E-state index < -0.39 is 0 Å². The van der Waals surface area contributed by atoms with Gasteiger partial charge in [-0.1, -0.05) is 0 Å². The number of nitriles is 1. The number of pyridine rings is 1. The lowest BCUT2D eigenvalue weighted by Crippen LogP contribution is -2.03. The first kappa shape index (κ1) is 10.3. The largest absolute Gasteiger partial charge is 0.397 e. The lowest BCUT2D eigenvalue weighted by Gasteiger charge is -2.10. The second-order valence-corrected chi connectivity index (χ2v) is 4.99. The Labute approximate surface area is 93.7 Å². The van der Waals surface area contributed by atoms with Crippen molar-refractivity contribution in [1.29, 1.82) is 5.26 Å². The molecule has 0 saturated heterocycles. The van der Waals surface area contributed by atoms with Crippen molar-refractivity contribution < 1.29 is 0 Å². The number of nitrogen functional groups attached to an aromatic ring is 1. The number of rotatable bonds is 4. The monoisotopic (exact) mass is 219 g/mol. The molecule has 1 aromatic rings. The van der Waals surface area contributed by atoms with Gasteiger partial charge in [-0.25, -0.2) is 4.98 Å². The number of thioether (sulfide) groups is 1. The minimum absolute atomic E-state index is 0.253. The summed E-state index contributed by atoms with van der Waals surface area (Å²) in [5, 5.41) is 9.58. The highest BCUT2D eigenvalue weighted by molar-refractivity contribution is 7.99. The van der Waals surface area contributed by atoms with Crippen molar-refractivity contribution in [3.8, 4) is 6.07 Å². The maximum atomic E-state index is 8.69. The topological polar surface area (TPSA) is 62.7 Å². The van der Waals surface area contributed by atoms with Gasteiger partial charge in [0.15, 0.2) is 0 Å². The normalized spacial score (nSPS) is 17.0. The molecular formula is C11H13N3S. The van der Waals surface area contributed by atoms with Crippen molar-refractivity contribution >= 4 is 17.4 Å². The van der Waals surface area contributed by atoms with Crippen molar-refractivity contribution in [1.82, 2.24) is 4.98 Å². The highest BCUT2D eigenvalue weighted by Gasteiger charge is 2.42. The predicted octanol–water partition coefficient (Wildman–Crippen LogP) is 2.45. The Kier molecular flexibility index (Phi) is 2.83. The van der Waals surface area contributed by atoms with E-state index in [0.29, 0.717) is 6.42 Å². The molecule has 1 aliphatic rings. The smallest absolute Gasteiger partial charge is 0.119 e. The Morgan fingerprint density at radius 2 is 2.40 bits per heavy atom. The third-order valence-electron chi connectivity index (χ3n) is 2.73. The van der Waals surface area contributed by atoms with Crippen LogP contribution in [0.1, 0.15) is 19.3 Å². The van der Waals surface area contributed by atoms with Gasteiger partial charge < -0.3 is 5.73 Å². The fourth-order valence-electron chi connectivity index (χ4n) is 1.46. The van der Waals surface area contributed by atoms with Crippen LogP contribution < -0.4 is 5.73 Å². The number of anilines is 1. The van der Waals surface area contributed by atoms with Crippen molar-refractivity contribution in [2.45, 2.75) is 24.3 Å². The molecule has 15 heavy (non-hydrogen) atoms. The number of hydrogen-bond donors (Lipinski definition) is 1. The van der Waals surface area contributed by atoms with Crippen LogP contribution in [-0.2, 0) is 0 Å². The maximum Gasteiger partial charge on any atom is 0.119 e. The lowest BCUT2D eigenvalue weighted by atomic mass is 10.1. The van der Waals surface area contributed by atoms with Crippen LogP contribution in [0, 0.1) is 16.7 Å². The predicted molar refractivity (Wildman–Crippen MR) is 61.3 cm³/mol. The van der Waals surface area contributed by atoms with Crippen LogP contribution in [0.2, 0.25) is 0 Å². The molecule has 0 atom stereocenters. The molecule has 4 heteroatoms. The van der Waals surface area contributed by atoms with Crippen molar-refractivity contribution in [2.75, 3.05) is 11.5 Å². The Bertz CT molecular complexity index is 393. The minimum atomic E-state index is 0.253. The van der Waals surface area contributed by atoms with Gasteiger partial charge in [0.25, 0.3) is 0 Å². The molecule has 0 aromatic carbocycles. The molecule has 1 aromatic heterocycles. The van der Waals surface area contributed by atoms with Crippen molar-refractivity contribution in [3.63, 3.8) is 0 Å². The molecule has 0 aliphatic heterocycles. The van der Waals surface area contributed by atoms with Gasteiger partial charge in [0.2, 0.25) is 0 Å². The fraction of sp³-hybridized carbons (Fsp3) is 0.455. The molecule has 1 fully saturated rings. The molecule has 3 nitrogen and oxygen atoms in total. The molecule has 1 heterocycles. The first-order chi connectivity index (χ1) is 7.26. The molecule has 2 rings (SSSR count). The summed E-state index contributed by atoms with van der Waals surface area (Å²) in [5.41, 5.74) is 6.78. The average molecular weight is 219 g/mol. The Morgan fingerprint density at radius 3 is 3.00 bits per heavy atom. The summed E-state index contributed by atoms with van der Waals surface area (Å²) >= 11 is 1.67. The Hall–Kier alpha value is -1.21. The molecule has 0 bridgehead atoms. The van der Waals surface area contributed by atoms with E-state index in [-0.39, 0.29) is 5.41 Å². The van der Waals surface area contributed by atoms with E-state index >= 15 is 0 Å². The standard InChI is InChI=1S/C11H13N3S/c12-6-5-11(3-4-11)8-15-10-9(13)2-1-7-14-10/h1-2,7H,3-5,8,13H2.